The van der Waals surface area contributed by atoms with E-state index in [1.807, 2.05) is 42.5 Å². The lowest BCUT2D eigenvalue weighted by molar-refractivity contribution is -0.118. The molecule has 0 aromatic heterocycles. The SMILES string of the molecule is CCc1ccc(CC(=O)CCOc2ccccc2)cc1. The largest absolute Gasteiger partial charge is 0.493 e. The first-order chi connectivity index (χ1) is 9.78. The van der Waals surface area contributed by atoms with Crippen molar-refractivity contribution in [2.45, 2.75) is 26.2 Å². The lowest BCUT2D eigenvalue weighted by atomic mass is 10.0. The maximum atomic E-state index is 11.9. The summed E-state index contributed by atoms with van der Waals surface area (Å²) in [4.78, 5) is 11.9. The van der Waals surface area contributed by atoms with Crippen LogP contribution in [0.1, 0.15) is 24.5 Å². The second kappa shape index (κ2) is 7.49. The molecule has 0 heterocycles. The van der Waals surface area contributed by atoms with Crippen LogP contribution >= 0.6 is 0 Å². The van der Waals surface area contributed by atoms with Gasteiger partial charge in [0.15, 0.2) is 0 Å². The van der Waals surface area contributed by atoms with Crippen LogP contribution in [-0.4, -0.2) is 12.4 Å². The van der Waals surface area contributed by atoms with Gasteiger partial charge >= 0.3 is 0 Å². The minimum atomic E-state index is 0.213. The van der Waals surface area contributed by atoms with Crippen molar-refractivity contribution in [3.63, 3.8) is 0 Å². The topological polar surface area (TPSA) is 26.3 Å². The van der Waals surface area contributed by atoms with Crippen LogP contribution in [0.4, 0.5) is 0 Å². The molecule has 0 saturated heterocycles. The molecule has 0 atom stereocenters. The number of rotatable bonds is 7. The van der Waals surface area contributed by atoms with E-state index in [9.17, 15) is 4.79 Å². The summed E-state index contributed by atoms with van der Waals surface area (Å²) in [5.74, 6) is 1.03. The molecule has 0 fully saturated rings. The molecule has 0 spiro atoms. The summed E-state index contributed by atoms with van der Waals surface area (Å²) < 4.78 is 5.53. The molecule has 0 aliphatic heterocycles. The predicted octanol–water partition coefficient (Wildman–Crippen LogP) is 3.83. The van der Waals surface area contributed by atoms with Gasteiger partial charge in [-0.1, -0.05) is 49.4 Å². The standard InChI is InChI=1S/C18H20O2/c1-2-15-8-10-16(11-9-15)14-17(19)12-13-20-18-6-4-3-5-7-18/h3-11H,2,12-14H2,1H3. The predicted molar refractivity (Wildman–Crippen MR) is 81.1 cm³/mol. The number of hydrogen-bond donors (Lipinski definition) is 0. The third-order valence-corrected chi connectivity index (χ3v) is 3.23. The van der Waals surface area contributed by atoms with Gasteiger partial charge in [-0.2, -0.15) is 0 Å². The molecule has 2 heteroatoms. The van der Waals surface area contributed by atoms with Gasteiger partial charge < -0.3 is 4.74 Å². The normalized spacial score (nSPS) is 10.2. The molecular weight excluding hydrogens is 248 g/mol. The zero-order chi connectivity index (χ0) is 14.2. The first-order valence-electron chi connectivity index (χ1n) is 7.05. The third-order valence-electron chi connectivity index (χ3n) is 3.23. The minimum absolute atomic E-state index is 0.213. The van der Waals surface area contributed by atoms with Crippen molar-refractivity contribution in [3.05, 3.63) is 65.7 Å². The van der Waals surface area contributed by atoms with E-state index in [2.05, 4.69) is 19.1 Å². The Labute approximate surface area is 120 Å². The Morgan fingerprint density at radius 2 is 1.60 bits per heavy atom. The number of para-hydroxylation sites is 1. The van der Waals surface area contributed by atoms with Crippen molar-refractivity contribution in [1.29, 1.82) is 0 Å². The number of ketones is 1. The smallest absolute Gasteiger partial charge is 0.140 e. The van der Waals surface area contributed by atoms with Crippen molar-refractivity contribution in [2.24, 2.45) is 0 Å². The fourth-order valence-electron chi connectivity index (χ4n) is 2.01. The van der Waals surface area contributed by atoms with Crippen molar-refractivity contribution in [2.75, 3.05) is 6.61 Å². The molecule has 2 aromatic rings. The van der Waals surface area contributed by atoms with Gasteiger partial charge in [0.05, 0.1) is 6.61 Å². The van der Waals surface area contributed by atoms with Crippen LogP contribution in [0, 0.1) is 0 Å². The monoisotopic (exact) mass is 268 g/mol. The Morgan fingerprint density at radius 1 is 0.950 bits per heavy atom. The summed E-state index contributed by atoms with van der Waals surface area (Å²) in [5.41, 5.74) is 2.38. The molecule has 0 unspecified atom stereocenters. The molecule has 2 nitrogen and oxygen atoms in total. The maximum absolute atomic E-state index is 11.9. The van der Waals surface area contributed by atoms with Gasteiger partial charge in [0, 0.05) is 12.8 Å². The van der Waals surface area contributed by atoms with E-state index in [1.54, 1.807) is 0 Å². The molecule has 0 radical (unpaired) electrons. The molecule has 0 aliphatic carbocycles. The van der Waals surface area contributed by atoms with E-state index >= 15 is 0 Å². The van der Waals surface area contributed by atoms with Crippen LogP contribution in [0.15, 0.2) is 54.6 Å². The average Bonchev–Trinajstić information content (AvgIpc) is 2.49. The minimum Gasteiger partial charge on any atom is -0.493 e. The van der Waals surface area contributed by atoms with Gasteiger partial charge in [0.25, 0.3) is 0 Å². The lowest BCUT2D eigenvalue weighted by Crippen LogP contribution is -2.08. The highest BCUT2D eigenvalue weighted by atomic mass is 16.5. The summed E-state index contributed by atoms with van der Waals surface area (Å²) in [7, 11) is 0. The summed E-state index contributed by atoms with van der Waals surface area (Å²) in [5, 5.41) is 0. The highest BCUT2D eigenvalue weighted by Gasteiger charge is 2.04. The van der Waals surface area contributed by atoms with Crippen LogP contribution in [0.25, 0.3) is 0 Å². The first kappa shape index (κ1) is 14.3. The Morgan fingerprint density at radius 3 is 2.25 bits per heavy atom. The quantitative estimate of drug-likeness (QED) is 0.763. The van der Waals surface area contributed by atoms with Crippen molar-refractivity contribution in [3.8, 4) is 5.75 Å². The molecule has 20 heavy (non-hydrogen) atoms. The summed E-state index contributed by atoms with van der Waals surface area (Å²) in [6, 6.07) is 17.8. The van der Waals surface area contributed by atoms with E-state index in [0.29, 0.717) is 19.4 Å². The fourth-order valence-corrected chi connectivity index (χ4v) is 2.01. The van der Waals surface area contributed by atoms with Gasteiger partial charge in [-0.05, 0) is 29.7 Å². The van der Waals surface area contributed by atoms with E-state index in [0.717, 1.165) is 17.7 Å². The molecule has 104 valence electrons. The average molecular weight is 268 g/mol. The summed E-state index contributed by atoms with van der Waals surface area (Å²) in [6.07, 6.45) is 1.96. The summed E-state index contributed by atoms with van der Waals surface area (Å²) >= 11 is 0. The number of hydrogen-bond acceptors (Lipinski definition) is 2. The van der Waals surface area contributed by atoms with Gasteiger partial charge in [0.1, 0.15) is 11.5 Å². The molecule has 0 N–H and O–H groups in total. The van der Waals surface area contributed by atoms with Crippen LogP contribution < -0.4 is 4.74 Å². The Balaban J connectivity index is 1.74. The van der Waals surface area contributed by atoms with Gasteiger partial charge in [-0.15, -0.1) is 0 Å². The van der Waals surface area contributed by atoms with E-state index in [1.165, 1.54) is 5.56 Å². The van der Waals surface area contributed by atoms with E-state index < -0.39 is 0 Å². The Kier molecular flexibility index (Phi) is 5.36. The molecule has 2 aromatic carbocycles. The Bertz CT molecular complexity index is 529. The van der Waals surface area contributed by atoms with E-state index in [4.69, 9.17) is 4.74 Å². The second-order valence-electron chi connectivity index (χ2n) is 4.80. The molecule has 0 bridgehead atoms. The van der Waals surface area contributed by atoms with Crippen molar-refractivity contribution < 1.29 is 9.53 Å². The van der Waals surface area contributed by atoms with Crippen LogP contribution in [0.2, 0.25) is 0 Å². The number of carbonyl (C=O) groups excluding carboxylic acids is 1. The third kappa shape index (κ3) is 4.54. The molecule has 0 amide bonds. The first-order valence-corrected chi connectivity index (χ1v) is 7.05. The van der Waals surface area contributed by atoms with Crippen molar-refractivity contribution in [1.82, 2.24) is 0 Å². The van der Waals surface area contributed by atoms with Gasteiger partial charge in [0.2, 0.25) is 0 Å². The Hall–Kier alpha value is -2.09. The number of Topliss-reactive ketones (excluding diaryl/α,β-unsaturated/α-hetero) is 1. The zero-order valence-electron chi connectivity index (χ0n) is 11.8. The van der Waals surface area contributed by atoms with Crippen LogP contribution in [0.3, 0.4) is 0 Å². The maximum Gasteiger partial charge on any atom is 0.140 e. The van der Waals surface area contributed by atoms with Gasteiger partial charge in [-0.25, -0.2) is 0 Å². The molecule has 0 aliphatic rings. The second-order valence-corrected chi connectivity index (χ2v) is 4.80. The molecular formula is C18H20O2. The summed E-state index contributed by atoms with van der Waals surface area (Å²) in [6.45, 7) is 2.57. The van der Waals surface area contributed by atoms with Crippen LogP contribution in [-0.2, 0) is 17.6 Å². The molecule has 0 saturated carbocycles. The van der Waals surface area contributed by atoms with Crippen LogP contribution in [0.5, 0.6) is 5.75 Å². The van der Waals surface area contributed by atoms with Crippen molar-refractivity contribution >= 4 is 5.78 Å². The van der Waals surface area contributed by atoms with Gasteiger partial charge in [-0.3, -0.25) is 4.79 Å². The number of aryl methyl sites for hydroxylation is 1. The fraction of sp³-hybridized carbons (Fsp3) is 0.278. The highest BCUT2D eigenvalue weighted by Crippen LogP contribution is 2.10. The number of carbonyl (C=O) groups is 1. The lowest BCUT2D eigenvalue weighted by Gasteiger charge is -2.06. The number of benzene rings is 2. The number of ether oxygens (including phenoxy) is 1. The zero-order valence-corrected chi connectivity index (χ0v) is 11.8. The van der Waals surface area contributed by atoms with E-state index in [-0.39, 0.29) is 5.78 Å². The highest BCUT2D eigenvalue weighted by molar-refractivity contribution is 5.80. The molecule has 2 rings (SSSR count).